The van der Waals surface area contributed by atoms with Gasteiger partial charge in [0.05, 0.1) is 0 Å². The molecule has 0 radical (unpaired) electrons. The fourth-order valence-electron chi connectivity index (χ4n) is 3.08. The fourth-order valence-corrected chi connectivity index (χ4v) is 3.08. The highest BCUT2D eigenvalue weighted by Gasteiger charge is 2.40. The molecule has 1 saturated heterocycles. The van der Waals surface area contributed by atoms with Gasteiger partial charge in [-0.2, -0.15) is 0 Å². The lowest BCUT2D eigenvalue weighted by atomic mass is 9.70. The van der Waals surface area contributed by atoms with E-state index in [4.69, 9.17) is 0 Å². The van der Waals surface area contributed by atoms with Crippen molar-refractivity contribution in [1.82, 2.24) is 5.32 Å². The van der Waals surface area contributed by atoms with Gasteiger partial charge in [0.25, 0.3) is 0 Å². The molecule has 3 rings (SSSR count). The second-order valence-corrected chi connectivity index (χ2v) is 5.97. The highest BCUT2D eigenvalue weighted by Crippen LogP contribution is 2.35. The fraction of sp³-hybridized carbons (Fsp3) is 0.333. The first kappa shape index (κ1) is 13.3. The van der Waals surface area contributed by atoms with E-state index in [1.165, 1.54) is 16.7 Å². The zero-order valence-electron chi connectivity index (χ0n) is 12.0. The van der Waals surface area contributed by atoms with Crippen molar-refractivity contribution in [2.45, 2.75) is 25.7 Å². The monoisotopic (exact) mass is 269 g/mol. The molecule has 0 atom stereocenters. The summed E-state index contributed by atoms with van der Waals surface area (Å²) in [7, 11) is 0. The van der Waals surface area contributed by atoms with Crippen molar-refractivity contribution in [3.63, 3.8) is 0 Å². The largest absolute Gasteiger partial charge is 0.315 e. The molecule has 0 saturated carbocycles. The molecule has 2 aromatic carbocycles. The van der Waals surface area contributed by atoms with Crippen LogP contribution in [0.1, 0.15) is 22.3 Å². The third-order valence-corrected chi connectivity index (χ3v) is 4.41. The van der Waals surface area contributed by atoms with Crippen LogP contribution in [0.3, 0.4) is 0 Å². The molecule has 0 spiro atoms. The highest BCUT2D eigenvalue weighted by molar-refractivity contribution is 5.38. The van der Waals surface area contributed by atoms with Crippen molar-refractivity contribution in [2.75, 3.05) is 13.1 Å². The van der Waals surface area contributed by atoms with Crippen molar-refractivity contribution in [3.05, 3.63) is 70.5 Å². The van der Waals surface area contributed by atoms with Gasteiger partial charge in [0.2, 0.25) is 0 Å². The van der Waals surface area contributed by atoms with Gasteiger partial charge in [-0.05, 0) is 43.0 Å². The molecule has 0 unspecified atom stereocenters. The van der Waals surface area contributed by atoms with Crippen LogP contribution in [-0.4, -0.2) is 13.1 Å². The topological polar surface area (TPSA) is 12.0 Å². The molecule has 0 bridgehead atoms. The van der Waals surface area contributed by atoms with Gasteiger partial charge in [0.1, 0.15) is 5.82 Å². The van der Waals surface area contributed by atoms with E-state index in [2.05, 4.69) is 37.4 Å². The lowest BCUT2D eigenvalue weighted by Crippen LogP contribution is -2.58. The minimum Gasteiger partial charge on any atom is -0.315 e. The number of aryl methyl sites for hydroxylation is 2. The van der Waals surface area contributed by atoms with Crippen LogP contribution in [0.25, 0.3) is 0 Å². The molecule has 0 aliphatic carbocycles. The Morgan fingerprint density at radius 2 is 1.85 bits per heavy atom. The van der Waals surface area contributed by atoms with Crippen molar-refractivity contribution in [1.29, 1.82) is 0 Å². The second kappa shape index (κ2) is 5.02. The smallest absolute Gasteiger partial charge is 0.127 e. The molecular formula is C18H20FN. The molecule has 1 heterocycles. The van der Waals surface area contributed by atoms with E-state index in [-0.39, 0.29) is 11.2 Å². The molecule has 1 nitrogen and oxygen atoms in total. The zero-order valence-corrected chi connectivity index (χ0v) is 12.0. The van der Waals surface area contributed by atoms with Gasteiger partial charge in [0, 0.05) is 18.5 Å². The van der Waals surface area contributed by atoms with Crippen LogP contribution in [-0.2, 0) is 11.8 Å². The maximum Gasteiger partial charge on any atom is 0.127 e. The Morgan fingerprint density at radius 3 is 2.50 bits per heavy atom. The summed E-state index contributed by atoms with van der Waals surface area (Å²) in [6, 6.07) is 13.7. The van der Waals surface area contributed by atoms with Gasteiger partial charge in [-0.1, -0.05) is 42.0 Å². The average molecular weight is 269 g/mol. The number of hydrogen-bond donors (Lipinski definition) is 1. The molecule has 1 N–H and O–H groups in total. The molecule has 2 aromatic rings. The number of halogens is 1. The number of rotatable bonds is 3. The second-order valence-electron chi connectivity index (χ2n) is 5.97. The molecule has 20 heavy (non-hydrogen) atoms. The van der Waals surface area contributed by atoms with Gasteiger partial charge in [-0.25, -0.2) is 4.39 Å². The summed E-state index contributed by atoms with van der Waals surface area (Å²) in [6.45, 7) is 5.94. The maximum atomic E-state index is 14.2. The first-order valence-corrected chi connectivity index (χ1v) is 7.13. The number of hydrogen-bond acceptors (Lipinski definition) is 1. The van der Waals surface area contributed by atoms with Crippen LogP contribution in [0.2, 0.25) is 0 Å². The molecule has 1 fully saturated rings. The zero-order chi connectivity index (χ0) is 14.2. The molecule has 1 aliphatic heterocycles. The van der Waals surface area contributed by atoms with E-state index < -0.39 is 0 Å². The molecule has 2 heteroatoms. The summed E-state index contributed by atoms with van der Waals surface area (Å²) < 4.78 is 14.2. The van der Waals surface area contributed by atoms with E-state index in [1.807, 2.05) is 12.1 Å². The van der Waals surface area contributed by atoms with E-state index in [9.17, 15) is 4.39 Å². The Bertz CT molecular complexity index is 629. The minimum absolute atomic E-state index is 0.0840. The Morgan fingerprint density at radius 1 is 1.10 bits per heavy atom. The quantitative estimate of drug-likeness (QED) is 0.899. The molecule has 0 aromatic heterocycles. The summed E-state index contributed by atoms with van der Waals surface area (Å²) in [6.07, 6.45) is 0.897. The van der Waals surface area contributed by atoms with Crippen molar-refractivity contribution in [3.8, 4) is 0 Å². The van der Waals surface area contributed by atoms with Crippen LogP contribution in [0.4, 0.5) is 4.39 Å². The van der Waals surface area contributed by atoms with Gasteiger partial charge in [0.15, 0.2) is 0 Å². The third kappa shape index (κ3) is 2.25. The standard InChI is InChI=1S/C18H20FN/c1-13-7-8-14(2)15(9-13)10-18(11-20-12-18)16-5-3-4-6-17(16)19/h3-9,20H,10-12H2,1-2H3. The SMILES string of the molecule is Cc1ccc(C)c(CC2(c3ccccc3F)CNC2)c1. The molecular weight excluding hydrogens is 249 g/mol. The number of benzene rings is 2. The van der Waals surface area contributed by atoms with Gasteiger partial charge < -0.3 is 5.32 Å². The van der Waals surface area contributed by atoms with Crippen molar-refractivity contribution in [2.24, 2.45) is 0 Å². The van der Waals surface area contributed by atoms with Gasteiger partial charge in [-0.3, -0.25) is 0 Å². The van der Waals surface area contributed by atoms with Crippen LogP contribution < -0.4 is 5.32 Å². The van der Waals surface area contributed by atoms with Crippen LogP contribution in [0.15, 0.2) is 42.5 Å². The summed E-state index contributed by atoms with van der Waals surface area (Å²) in [4.78, 5) is 0. The normalized spacial score (nSPS) is 16.8. The van der Waals surface area contributed by atoms with Crippen LogP contribution in [0.5, 0.6) is 0 Å². The summed E-state index contributed by atoms with van der Waals surface area (Å²) in [5.41, 5.74) is 4.64. The summed E-state index contributed by atoms with van der Waals surface area (Å²) in [5, 5.41) is 3.32. The predicted octanol–water partition coefficient (Wildman–Crippen LogP) is 3.53. The third-order valence-electron chi connectivity index (χ3n) is 4.41. The Labute approximate surface area is 119 Å². The van der Waals surface area contributed by atoms with E-state index in [0.717, 1.165) is 25.1 Å². The molecule has 104 valence electrons. The Balaban J connectivity index is 1.98. The Hall–Kier alpha value is -1.67. The van der Waals surface area contributed by atoms with Crippen molar-refractivity contribution < 1.29 is 4.39 Å². The van der Waals surface area contributed by atoms with Gasteiger partial charge in [-0.15, -0.1) is 0 Å². The maximum absolute atomic E-state index is 14.2. The van der Waals surface area contributed by atoms with E-state index >= 15 is 0 Å². The molecule has 0 amide bonds. The number of nitrogens with one attached hydrogen (secondary N) is 1. The Kier molecular flexibility index (Phi) is 3.35. The van der Waals surface area contributed by atoms with E-state index in [0.29, 0.717) is 0 Å². The van der Waals surface area contributed by atoms with Crippen molar-refractivity contribution >= 4 is 0 Å². The van der Waals surface area contributed by atoms with Crippen LogP contribution >= 0.6 is 0 Å². The first-order valence-electron chi connectivity index (χ1n) is 7.13. The minimum atomic E-state index is -0.0934. The average Bonchev–Trinajstić information content (AvgIpc) is 2.39. The highest BCUT2D eigenvalue weighted by atomic mass is 19.1. The predicted molar refractivity (Wildman–Crippen MR) is 80.6 cm³/mol. The summed E-state index contributed by atoms with van der Waals surface area (Å²) in [5.74, 6) is -0.0840. The van der Waals surface area contributed by atoms with Gasteiger partial charge >= 0.3 is 0 Å². The lowest BCUT2D eigenvalue weighted by molar-refractivity contribution is 0.265. The lowest BCUT2D eigenvalue weighted by Gasteiger charge is -2.44. The van der Waals surface area contributed by atoms with E-state index in [1.54, 1.807) is 12.1 Å². The van der Waals surface area contributed by atoms with Crippen LogP contribution in [0, 0.1) is 19.7 Å². The molecule has 1 aliphatic rings. The first-order chi connectivity index (χ1) is 9.61. The summed E-state index contributed by atoms with van der Waals surface area (Å²) >= 11 is 0.